The van der Waals surface area contributed by atoms with Crippen LogP contribution in [0.15, 0.2) is 52.7 Å². The molecule has 1 aromatic carbocycles. The standard InChI is InChI=1S/C18H17N5O3/c1-4-8-21-16(25)14-15(20(3)18(21)26)19-17-22(14)10-11(2)23(17)12-6-5-7-13(24)9-12/h4-7,9-10,24H,1,8H2,2-3H3. The van der Waals surface area contributed by atoms with Gasteiger partial charge in [0.15, 0.2) is 11.2 Å². The molecule has 4 aromatic rings. The third-order valence-corrected chi connectivity index (χ3v) is 4.43. The van der Waals surface area contributed by atoms with E-state index in [4.69, 9.17) is 0 Å². The van der Waals surface area contributed by atoms with E-state index in [2.05, 4.69) is 11.6 Å². The highest BCUT2D eigenvalue weighted by molar-refractivity contribution is 5.76. The van der Waals surface area contributed by atoms with Gasteiger partial charge in [0.2, 0.25) is 5.78 Å². The van der Waals surface area contributed by atoms with Crippen LogP contribution in [0, 0.1) is 6.92 Å². The molecule has 8 nitrogen and oxygen atoms in total. The summed E-state index contributed by atoms with van der Waals surface area (Å²) in [6.07, 6.45) is 3.30. The van der Waals surface area contributed by atoms with Gasteiger partial charge in [-0.2, -0.15) is 4.98 Å². The molecule has 0 atom stereocenters. The van der Waals surface area contributed by atoms with Crippen molar-refractivity contribution in [2.45, 2.75) is 13.5 Å². The van der Waals surface area contributed by atoms with Crippen LogP contribution in [0.2, 0.25) is 0 Å². The topological polar surface area (TPSA) is 86.5 Å². The molecule has 0 spiro atoms. The van der Waals surface area contributed by atoms with Gasteiger partial charge in [0.25, 0.3) is 5.56 Å². The zero-order chi connectivity index (χ0) is 18.6. The Hall–Kier alpha value is -3.55. The maximum absolute atomic E-state index is 12.9. The van der Waals surface area contributed by atoms with E-state index in [9.17, 15) is 14.7 Å². The molecule has 3 aromatic heterocycles. The number of nitrogens with zero attached hydrogens (tertiary/aromatic N) is 5. The Balaban J connectivity index is 2.17. The van der Waals surface area contributed by atoms with Crippen molar-refractivity contribution in [3.8, 4) is 11.4 Å². The molecule has 26 heavy (non-hydrogen) atoms. The van der Waals surface area contributed by atoms with Crippen LogP contribution >= 0.6 is 0 Å². The maximum atomic E-state index is 12.9. The fourth-order valence-corrected chi connectivity index (χ4v) is 3.25. The predicted octanol–water partition coefficient (Wildman–Crippen LogP) is 1.34. The van der Waals surface area contributed by atoms with Gasteiger partial charge in [0.05, 0.1) is 5.69 Å². The number of phenols is 1. The van der Waals surface area contributed by atoms with Crippen molar-refractivity contribution in [2.75, 3.05) is 0 Å². The number of aryl methyl sites for hydroxylation is 2. The fraction of sp³-hybridized carbons (Fsp3) is 0.167. The van der Waals surface area contributed by atoms with Gasteiger partial charge in [-0.1, -0.05) is 12.1 Å². The van der Waals surface area contributed by atoms with Gasteiger partial charge < -0.3 is 5.11 Å². The summed E-state index contributed by atoms with van der Waals surface area (Å²) in [7, 11) is 1.58. The van der Waals surface area contributed by atoms with E-state index in [0.717, 1.165) is 10.3 Å². The van der Waals surface area contributed by atoms with Crippen LogP contribution in [0.5, 0.6) is 5.75 Å². The van der Waals surface area contributed by atoms with Gasteiger partial charge in [-0.3, -0.25) is 22.9 Å². The number of fused-ring (bicyclic) bond motifs is 3. The molecule has 0 amide bonds. The van der Waals surface area contributed by atoms with Crippen LogP contribution in [-0.4, -0.2) is 28.2 Å². The number of rotatable bonds is 3. The number of allylic oxidation sites excluding steroid dienone is 1. The highest BCUT2D eigenvalue weighted by Gasteiger charge is 2.20. The smallest absolute Gasteiger partial charge is 0.332 e. The first-order chi connectivity index (χ1) is 12.4. The maximum Gasteiger partial charge on any atom is 0.332 e. The summed E-state index contributed by atoms with van der Waals surface area (Å²) in [5, 5.41) is 9.79. The zero-order valence-electron chi connectivity index (χ0n) is 14.4. The first-order valence-corrected chi connectivity index (χ1v) is 8.04. The lowest BCUT2D eigenvalue weighted by Crippen LogP contribution is -2.39. The molecule has 0 radical (unpaired) electrons. The van der Waals surface area contributed by atoms with E-state index >= 15 is 0 Å². The molecular weight excluding hydrogens is 334 g/mol. The first-order valence-electron chi connectivity index (χ1n) is 8.04. The summed E-state index contributed by atoms with van der Waals surface area (Å²) in [5.41, 5.74) is 1.33. The average molecular weight is 351 g/mol. The normalized spacial score (nSPS) is 11.5. The lowest BCUT2D eigenvalue weighted by atomic mass is 10.3. The number of hydrogen-bond donors (Lipinski definition) is 1. The van der Waals surface area contributed by atoms with E-state index in [1.807, 2.05) is 17.6 Å². The summed E-state index contributed by atoms with van der Waals surface area (Å²) in [6, 6.07) is 6.76. The van der Waals surface area contributed by atoms with Crippen LogP contribution in [-0.2, 0) is 13.6 Å². The van der Waals surface area contributed by atoms with E-state index in [1.54, 1.807) is 35.8 Å². The average Bonchev–Trinajstić information content (AvgIpc) is 3.11. The van der Waals surface area contributed by atoms with Crippen LogP contribution in [0.25, 0.3) is 22.6 Å². The Morgan fingerprint density at radius 1 is 1.31 bits per heavy atom. The Labute approximate surface area is 147 Å². The summed E-state index contributed by atoms with van der Waals surface area (Å²) in [4.78, 5) is 29.8. The minimum Gasteiger partial charge on any atom is -0.508 e. The van der Waals surface area contributed by atoms with Crippen LogP contribution in [0.1, 0.15) is 5.69 Å². The molecule has 0 unspecified atom stereocenters. The molecule has 0 saturated carbocycles. The molecule has 0 aliphatic heterocycles. The molecule has 0 aliphatic carbocycles. The molecule has 0 fully saturated rings. The molecule has 4 rings (SSSR count). The number of hydrogen-bond acceptors (Lipinski definition) is 4. The molecule has 3 heterocycles. The lowest BCUT2D eigenvalue weighted by Gasteiger charge is -2.06. The second kappa shape index (κ2) is 5.48. The van der Waals surface area contributed by atoms with Crippen molar-refractivity contribution in [3.05, 3.63) is 69.6 Å². The second-order valence-electron chi connectivity index (χ2n) is 6.13. The highest BCUT2D eigenvalue weighted by Crippen LogP contribution is 2.23. The van der Waals surface area contributed by atoms with Crippen LogP contribution < -0.4 is 11.2 Å². The Kier molecular flexibility index (Phi) is 3.36. The van der Waals surface area contributed by atoms with E-state index in [-0.39, 0.29) is 12.3 Å². The summed E-state index contributed by atoms with van der Waals surface area (Å²) in [6.45, 7) is 5.62. The SMILES string of the molecule is C=CCn1c(=O)c2c(nc3n(-c4cccc(O)c4)c(C)cn23)n(C)c1=O. The monoisotopic (exact) mass is 351 g/mol. The van der Waals surface area contributed by atoms with Gasteiger partial charge >= 0.3 is 5.69 Å². The van der Waals surface area contributed by atoms with Crippen molar-refractivity contribution in [1.82, 2.24) is 23.1 Å². The Morgan fingerprint density at radius 3 is 2.77 bits per heavy atom. The fourth-order valence-electron chi connectivity index (χ4n) is 3.25. The van der Waals surface area contributed by atoms with E-state index in [0.29, 0.717) is 22.6 Å². The zero-order valence-corrected chi connectivity index (χ0v) is 14.4. The van der Waals surface area contributed by atoms with Gasteiger partial charge in [0.1, 0.15) is 5.75 Å². The van der Waals surface area contributed by atoms with Crippen LogP contribution in [0.4, 0.5) is 0 Å². The third kappa shape index (κ3) is 2.05. The van der Waals surface area contributed by atoms with Gasteiger partial charge in [0, 0.05) is 31.5 Å². The largest absolute Gasteiger partial charge is 0.508 e. The number of phenolic OH excluding ortho intramolecular Hbond substituents is 1. The number of aromatic hydroxyl groups is 1. The second-order valence-corrected chi connectivity index (χ2v) is 6.13. The van der Waals surface area contributed by atoms with Crippen molar-refractivity contribution in [2.24, 2.45) is 7.05 Å². The van der Waals surface area contributed by atoms with Gasteiger partial charge in [-0.15, -0.1) is 6.58 Å². The number of aromatic nitrogens is 5. The third-order valence-electron chi connectivity index (χ3n) is 4.43. The molecule has 1 N–H and O–H groups in total. The molecule has 0 bridgehead atoms. The minimum absolute atomic E-state index is 0.126. The number of imidazole rings is 2. The highest BCUT2D eigenvalue weighted by atomic mass is 16.3. The van der Waals surface area contributed by atoms with Gasteiger partial charge in [-0.25, -0.2) is 4.79 Å². The van der Waals surface area contributed by atoms with Crippen molar-refractivity contribution < 1.29 is 5.11 Å². The summed E-state index contributed by atoms with van der Waals surface area (Å²) in [5.74, 6) is 0.622. The molecule has 8 heteroatoms. The molecule has 0 aliphatic rings. The molecule has 132 valence electrons. The van der Waals surface area contributed by atoms with Crippen molar-refractivity contribution in [1.29, 1.82) is 0 Å². The van der Waals surface area contributed by atoms with Crippen LogP contribution in [0.3, 0.4) is 0 Å². The molecular formula is C18H17N5O3. The van der Waals surface area contributed by atoms with Crippen molar-refractivity contribution >= 4 is 16.9 Å². The van der Waals surface area contributed by atoms with E-state index in [1.165, 1.54) is 10.6 Å². The number of benzene rings is 1. The van der Waals surface area contributed by atoms with E-state index < -0.39 is 11.2 Å². The molecule has 0 saturated heterocycles. The lowest BCUT2D eigenvalue weighted by molar-refractivity contribution is 0.475. The summed E-state index contributed by atoms with van der Waals surface area (Å²) < 4.78 is 5.98. The Bertz CT molecular complexity index is 1300. The van der Waals surface area contributed by atoms with Crippen molar-refractivity contribution in [3.63, 3.8) is 0 Å². The summed E-state index contributed by atoms with van der Waals surface area (Å²) >= 11 is 0. The quantitative estimate of drug-likeness (QED) is 0.564. The predicted molar refractivity (Wildman–Crippen MR) is 98.1 cm³/mol. The Morgan fingerprint density at radius 2 is 2.08 bits per heavy atom. The first kappa shape index (κ1) is 15.9. The minimum atomic E-state index is -0.441. The van der Waals surface area contributed by atoms with Gasteiger partial charge in [-0.05, 0) is 19.1 Å².